The molecule has 0 radical (unpaired) electrons. The maximum absolute atomic E-state index is 10.6. The highest BCUT2D eigenvalue weighted by molar-refractivity contribution is 7.99. The van der Waals surface area contributed by atoms with Crippen LogP contribution in [0.15, 0.2) is 52.3 Å². The van der Waals surface area contributed by atoms with E-state index in [0.717, 1.165) is 16.3 Å². The normalized spacial score (nSPS) is 12.0. The fraction of sp³-hybridized carbons (Fsp3) is 0. The summed E-state index contributed by atoms with van der Waals surface area (Å²) in [6.45, 7) is 0. The average molecular weight is 258 g/mol. The SMILES string of the molecule is O=C(O)Nc1ccc2c(c1)Nc1ccccc1S2. The summed E-state index contributed by atoms with van der Waals surface area (Å²) in [5, 5.41) is 14.3. The van der Waals surface area contributed by atoms with Crippen LogP contribution in [0.25, 0.3) is 0 Å². The summed E-state index contributed by atoms with van der Waals surface area (Å²) in [6.07, 6.45) is -1.06. The summed E-state index contributed by atoms with van der Waals surface area (Å²) in [4.78, 5) is 12.9. The van der Waals surface area contributed by atoms with Crippen molar-refractivity contribution in [1.29, 1.82) is 0 Å². The number of hydrogen-bond donors (Lipinski definition) is 3. The van der Waals surface area contributed by atoms with Crippen LogP contribution in [-0.4, -0.2) is 11.2 Å². The van der Waals surface area contributed by atoms with Crippen LogP contribution in [0.4, 0.5) is 21.9 Å². The lowest BCUT2D eigenvalue weighted by atomic mass is 10.2. The van der Waals surface area contributed by atoms with E-state index in [2.05, 4.69) is 16.7 Å². The zero-order valence-corrected chi connectivity index (χ0v) is 10.1. The molecular weight excluding hydrogens is 248 g/mol. The molecule has 2 aromatic rings. The first-order valence-corrected chi connectivity index (χ1v) is 6.22. The lowest BCUT2D eigenvalue weighted by molar-refractivity contribution is 0.210. The van der Waals surface area contributed by atoms with Crippen molar-refractivity contribution in [2.24, 2.45) is 0 Å². The van der Waals surface area contributed by atoms with E-state index in [-0.39, 0.29) is 0 Å². The van der Waals surface area contributed by atoms with Crippen molar-refractivity contribution in [3.8, 4) is 0 Å². The van der Waals surface area contributed by atoms with E-state index in [1.807, 2.05) is 24.3 Å². The van der Waals surface area contributed by atoms with E-state index in [9.17, 15) is 4.79 Å². The van der Waals surface area contributed by atoms with Crippen molar-refractivity contribution in [2.75, 3.05) is 10.6 Å². The van der Waals surface area contributed by atoms with Crippen LogP contribution >= 0.6 is 11.8 Å². The maximum Gasteiger partial charge on any atom is 0.409 e. The molecule has 0 aromatic heterocycles. The number of fused-ring (bicyclic) bond motifs is 2. The first kappa shape index (κ1) is 11.0. The Hall–Kier alpha value is -2.14. The number of hydrogen-bond acceptors (Lipinski definition) is 3. The zero-order valence-electron chi connectivity index (χ0n) is 9.31. The molecule has 0 saturated heterocycles. The van der Waals surface area contributed by atoms with Crippen LogP contribution in [0, 0.1) is 0 Å². The molecule has 3 rings (SSSR count). The van der Waals surface area contributed by atoms with Gasteiger partial charge in [0.15, 0.2) is 0 Å². The third-order valence-electron chi connectivity index (χ3n) is 2.61. The highest BCUT2D eigenvalue weighted by Gasteiger charge is 2.15. The minimum absolute atomic E-state index is 0.564. The molecule has 0 unspecified atom stereocenters. The summed E-state index contributed by atoms with van der Waals surface area (Å²) >= 11 is 1.67. The third-order valence-corrected chi connectivity index (χ3v) is 3.76. The van der Waals surface area contributed by atoms with Gasteiger partial charge < -0.3 is 10.4 Å². The monoisotopic (exact) mass is 258 g/mol. The van der Waals surface area contributed by atoms with Crippen molar-refractivity contribution in [1.82, 2.24) is 0 Å². The van der Waals surface area contributed by atoms with Crippen molar-refractivity contribution < 1.29 is 9.90 Å². The molecule has 1 amide bonds. The number of amides is 1. The van der Waals surface area contributed by atoms with Crippen molar-refractivity contribution in [3.05, 3.63) is 42.5 Å². The van der Waals surface area contributed by atoms with Crippen LogP contribution < -0.4 is 10.6 Å². The Morgan fingerprint density at radius 1 is 1.11 bits per heavy atom. The molecule has 0 fully saturated rings. The van der Waals surface area contributed by atoms with Crippen LogP contribution in [0.1, 0.15) is 0 Å². The molecule has 90 valence electrons. The van der Waals surface area contributed by atoms with Gasteiger partial charge in [-0.3, -0.25) is 5.32 Å². The molecule has 0 atom stereocenters. The van der Waals surface area contributed by atoms with Crippen LogP contribution in [0.5, 0.6) is 0 Å². The lowest BCUT2D eigenvalue weighted by Gasteiger charge is -2.21. The van der Waals surface area contributed by atoms with Gasteiger partial charge >= 0.3 is 6.09 Å². The Kier molecular flexibility index (Phi) is 2.60. The Bertz CT molecular complexity index is 628. The summed E-state index contributed by atoms with van der Waals surface area (Å²) < 4.78 is 0. The van der Waals surface area contributed by atoms with Gasteiger partial charge in [0, 0.05) is 15.5 Å². The number of nitrogens with one attached hydrogen (secondary N) is 2. The first-order valence-electron chi connectivity index (χ1n) is 5.40. The minimum atomic E-state index is -1.06. The lowest BCUT2D eigenvalue weighted by Crippen LogP contribution is -2.08. The zero-order chi connectivity index (χ0) is 12.5. The summed E-state index contributed by atoms with van der Waals surface area (Å²) in [7, 11) is 0. The number of para-hydroxylation sites is 1. The third kappa shape index (κ3) is 2.00. The predicted molar refractivity (Wildman–Crippen MR) is 71.9 cm³/mol. The van der Waals surface area contributed by atoms with Gasteiger partial charge in [-0.2, -0.15) is 0 Å². The van der Waals surface area contributed by atoms with Crippen molar-refractivity contribution in [3.63, 3.8) is 0 Å². The van der Waals surface area contributed by atoms with Crippen molar-refractivity contribution in [2.45, 2.75) is 9.79 Å². The second-order valence-electron chi connectivity index (χ2n) is 3.86. The van der Waals surface area contributed by atoms with E-state index < -0.39 is 6.09 Å². The van der Waals surface area contributed by atoms with Gasteiger partial charge in [-0.05, 0) is 30.3 Å². The fourth-order valence-electron chi connectivity index (χ4n) is 1.84. The van der Waals surface area contributed by atoms with Crippen LogP contribution in [-0.2, 0) is 0 Å². The van der Waals surface area contributed by atoms with E-state index in [1.54, 1.807) is 23.9 Å². The van der Waals surface area contributed by atoms with Gasteiger partial charge in [-0.25, -0.2) is 4.79 Å². The highest BCUT2D eigenvalue weighted by atomic mass is 32.2. The molecule has 0 saturated carbocycles. The molecule has 4 nitrogen and oxygen atoms in total. The standard InChI is InChI=1S/C13H10N2O2S/c16-13(17)14-8-5-6-12-10(7-8)15-9-3-1-2-4-11(9)18-12/h1-7,14-15H,(H,16,17). The quantitative estimate of drug-likeness (QED) is 0.617. The molecule has 2 aromatic carbocycles. The molecule has 1 heterocycles. The topological polar surface area (TPSA) is 61.4 Å². The minimum Gasteiger partial charge on any atom is -0.465 e. The average Bonchev–Trinajstić information content (AvgIpc) is 2.35. The van der Waals surface area contributed by atoms with Crippen molar-refractivity contribution >= 4 is 34.9 Å². The molecule has 1 aliphatic rings. The maximum atomic E-state index is 10.6. The van der Waals surface area contributed by atoms with Gasteiger partial charge in [-0.15, -0.1) is 0 Å². The van der Waals surface area contributed by atoms with Gasteiger partial charge in [0.1, 0.15) is 0 Å². The molecule has 0 bridgehead atoms. The summed E-state index contributed by atoms with van der Waals surface area (Å²) in [5.41, 5.74) is 2.53. The molecule has 18 heavy (non-hydrogen) atoms. The molecule has 1 aliphatic heterocycles. The van der Waals surface area contributed by atoms with E-state index in [0.29, 0.717) is 5.69 Å². The summed E-state index contributed by atoms with van der Waals surface area (Å²) in [6, 6.07) is 13.5. The molecule has 3 N–H and O–H groups in total. The Labute approximate surface area is 108 Å². The number of benzene rings is 2. The Morgan fingerprint density at radius 3 is 2.72 bits per heavy atom. The number of carbonyl (C=O) groups is 1. The molecular formula is C13H10N2O2S. The first-order chi connectivity index (χ1) is 8.72. The molecule has 5 heteroatoms. The number of anilines is 3. The van der Waals surface area contributed by atoms with Gasteiger partial charge in [0.2, 0.25) is 0 Å². The van der Waals surface area contributed by atoms with Gasteiger partial charge in [0.25, 0.3) is 0 Å². The second-order valence-corrected chi connectivity index (χ2v) is 4.95. The van der Waals surface area contributed by atoms with E-state index in [4.69, 9.17) is 5.11 Å². The largest absolute Gasteiger partial charge is 0.465 e. The number of rotatable bonds is 1. The fourth-order valence-corrected chi connectivity index (χ4v) is 2.81. The Balaban J connectivity index is 1.96. The molecule has 0 spiro atoms. The summed E-state index contributed by atoms with van der Waals surface area (Å²) in [5.74, 6) is 0. The Morgan fingerprint density at radius 2 is 1.89 bits per heavy atom. The predicted octanol–water partition coefficient (Wildman–Crippen LogP) is 3.98. The second kappa shape index (κ2) is 4.27. The van der Waals surface area contributed by atoms with Crippen LogP contribution in [0.3, 0.4) is 0 Å². The van der Waals surface area contributed by atoms with E-state index in [1.165, 1.54) is 4.90 Å². The van der Waals surface area contributed by atoms with Gasteiger partial charge in [0.05, 0.1) is 11.4 Å². The smallest absolute Gasteiger partial charge is 0.409 e. The van der Waals surface area contributed by atoms with Gasteiger partial charge in [-0.1, -0.05) is 23.9 Å². The van der Waals surface area contributed by atoms with Crippen LogP contribution in [0.2, 0.25) is 0 Å². The highest BCUT2D eigenvalue weighted by Crippen LogP contribution is 2.44. The van der Waals surface area contributed by atoms with E-state index >= 15 is 0 Å². The number of carboxylic acid groups (broad SMARTS) is 1. The molecule has 0 aliphatic carbocycles.